The number of ketones is 1. The Morgan fingerprint density at radius 2 is 1.86 bits per heavy atom. The standard InChI is InChI=1S/C17H29NO3/c19-16(7-3-5-15-6-4-12-21-15)17(8-1-2-9-17)18-10-13-20-14-11-18/h15H,1-14H2. The summed E-state index contributed by atoms with van der Waals surface area (Å²) in [7, 11) is 0. The van der Waals surface area contributed by atoms with Crippen LogP contribution in [0, 0.1) is 0 Å². The Kier molecular flexibility index (Phi) is 5.30. The van der Waals surface area contributed by atoms with Gasteiger partial charge in [-0.05, 0) is 38.5 Å². The second-order valence-electron chi connectivity index (χ2n) is 6.79. The molecule has 2 saturated heterocycles. The van der Waals surface area contributed by atoms with E-state index in [1.807, 2.05) is 0 Å². The molecule has 1 aliphatic carbocycles. The van der Waals surface area contributed by atoms with Crippen LogP contribution in [0.1, 0.15) is 57.8 Å². The van der Waals surface area contributed by atoms with Crippen LogP contribution in [-0.4, -0.2) is 55.2 Å². The molecule has 0 aromatic rings. The van der Waals surface area contributed by atoms with E-state index >= 15 is 0 Å². The van der Waals surface area contributed by atoms with Crippen LogP contribution in [0.2, 0.25) is 0 Å². The first-order valence-corrected chi connectivity index (χ1v) is 8.79. The average Bonchev–Trinajstić information content (AvgIpc) is 3.20. The Bertz CT molecular complexity index is 340. The van der Waals surface area contributed by atoms with Crippen LogP contribution in [0.15, 0.2) is 0 Å². The second kappa shape index (κ2) is 7.21. The van der Waals surface area contributed by atoms with Crippen molar-refractivity contribution in [3.8, 4) is 0 Å². The van der Waals surface area contributed by atoms with Gasteiger partial charge in [0, 0.05) is 26.1 Å². The van der Waals surface area contributed by atoms with Gasteiger partial charge in [-0.2, -0.15) is 0 Å². The summed E-state index contributed by atoms with van der Waals surface area (Å²) in [6.45, 7) is 4.33. The Labute approximate surface area is 128 Å². The predicted octanol–water partition coefficient (Wildman–Crippen LogP) is 2.55. The van der Waals surface area contributed by atoms with Gasteiger partial charge in [0.05, 0.1) is 24.9 Å². The molecule has 0 aromatic carbocycles. The summed E-state index contributed by atoms with van der Waals surface area (Å²) in [6.07, 6.45) is 10.1. The second-order valence-corrected chi connectivity index (χ2v) is 6.79. The van der Waals surface area contributed by atoms with Crippen molar-refractivity contribution < 1.29 is 14.3 Å². The lowest BCUT2D eigenvalue weighted by molar-refractivity contribution is -0.134. The molecule has 3 fully saturated rings. The van der Waals surface area contributed by atoms with Crippen molar-refractivity contribution in [1.29, 1.82) is 0 Å². The molecule has 0 radical (unpaired) electrons. The van der Waals surface area contributed by atoms with Crippen molar-refractivity contribution in [2.45, 2.75) is 69.4 Å². The number of carbonyl (C=O) groups excluding carboxylic acids is 1. The van der Waals surface area contributed by atoms with Crippen LogP contribution in [0.3, 0.4) is 0 Å². The van der Waals surface area contributed by atoms with E-state index in [-0.39, 0.29) is 5.54 Å². The quantitative estimate of drug-likeness (QED) is 0.755. The monoisotopic (exact) mass is 295 g/mol. The van der Waals surface area contributed by atoms with Gasteiger partial charge in [-0.1, -0.05) is 12.8 Å². The van der Waals surface area contributed by atoms with Gasteiger partial charge in [0.1, 0.15) is 0 Å². The minimum Gasteiger partial charge on any atom is -0.379 e. The smallest absolute Gasteiger partial charge is 0.153 e. The lowest BCUT2D eigenvalue weighted by atomic mass is 9.86. The van der Waals surface area contributed by atoms with Crippen LogP contribution >= 0.6 is 0 Å². The van der Waals surface area contributed by atoms with E-state index in [1.165, 1.54) is 25.7 Å². The van der Waals surface area contributed by atoms with Crippen LogP contribution in [0.4, 0.5) is 0 Å². The molecule has 0 amide bonds. The molecule has 4 heteroatoms. The minimum absolute atomic E-state index is 0.152. The van der Waals surface area contributed by atoms with Crippen molar-refractivity contribution in [3.63, 3.8) is 0 Å². The summed E-state index contributed by atoms with van der Waals surface area (Å²) in [4.78, 5) is 15.3. The van der Waals surface area contributed by atoms with Gasteiger partial charge in [-0.25, -0.2) is 0 Å². The lowest BCUT2D eigenvalue weighted by Crippen LogP contribution is -2.56. The molecule has 3 rings (SSSR count). The summed E-state index contributed by atoms with van der Waals surface area (Å²) < 4.78 is 11.1. The molecule has 3 aliphatic rings. The van der Waals surface area contributed by atoms with Gasteiger partial charge >= 0.3 is 0 Å². The third kappa shape index (κ3) is 3.49. The van der Waals surface area contributed by atoms with Crippen molar-refractivity contribution in [2.24, 2.45) is 0 Å². The fourth-order valence-corrected chi connectivity index (χ4v) is 4.32. The maximum Gasteiger partial charge on any atom is 0.153 e. The zero-order valence-corrected chi connectivity index (χ0v) is 13.1. The maximum atomic E-state index is 12.9. The Morgan fingerprint density at radius 3 is 2.52 bits per heavy atom. The first kappa shape index (κ1) is 15.4. The van der Waals surface area contributed by atoms with Gasteiger partial charge < -0.3 is 9.47 Å². The zero-order valence-electron chi connectivity index (χ0n) is 13.1. The summed E-state index contributed by atoms with van der Waals surface area (Å²) >= 11 is 0. The minimum atomic E-state index is -0.152. The summed E-state index contributed by atoms with van der Waals surface area (Å²) in [5.74, 6) is 0.486. The van der Waals surface area contributed by atoms with E-state index in [4.69, 9.17) is 9.47 Å². The molecule has 2 heterocycles. The molecule has 0 aromatic heterocycles. The van der Waals surface area contributed by atoms with Gasteiger partial charge in [-0.15, -0.1) is 0 Å². The van der Waals surface area contributed by atoms with Crippen molar-refractivity contribution >= 4 is 5.78 Å². The average molecular weight is 295 g/mol. The highest BCUT2D eigenvalue weighted by molar-refractivity contribution is 5.88. The first-order valence-electron chi connectivity index (χ1n) is 8.79. The molecule has 0 spiro atoms. The SMILES string of the molecule is O=C(CCCC1CCCO1)C1(N2CCOCC2)CCCC1. The number of morpholine rings is 1. The Morgan fingerprint density at radius 1 is 1.10 bits per heavy atom. The fraction of sp³-hybridized carbons (Fsp3) is 0.941. The fourth-order valence-electron chi connectivity index (χ4n) is 4.32. The number of rotatable bonds is 6. The third-order valence-electron chi connectivity index (χ3n) is 5.52. The summed E-state index contributed by atoms with van der Waals surface area (Å²) in [5, 5.41) is 0. The van der Waals surface area contributed by atoms with E-state index in [9.17, 15) is 4.79 Å². The molecule has 120 valence electrons. The molecular weight excluding hydrogens is 266 g/mol. The highest BCUT2D eigenvalue weighted by Crippen LogP contribution is 2.38. The van der Waals surface area contributed by atoms with E-state index in [0.29, 0.717) is 11.9 Å². The highest BCUT2D eigenvalue weighted by atomic mass is 16.5. The lowest BCUT2D eigenvalue weighted by Gasteiger charge is -2.42. The molecule has 1 atom stereocenters. The topological polar surface area (TPSA) is 38.8 Å². The van der Waals surface area contributed by atoms with Crippen LogP contribution < -0.4 is 0 Å². The number of Topliss-reactive ketones (excluding diaryl/α,β-unsaturated/α-hetero) is 1. The highest BCUT2D eigenvalue weighted by Gasteiger charge is 2.45. The molecule has 1 unspecified atom stereocenters. The molecule has 1 saturated carbocycles. The summed E-state index contributed by atoms with van der Waals surface area (Å²) in [5.41, 5.74) is -0.152. The molecule has 0 N–H and O–H groups in total. The van der Waals surface area contributed by atoms with Crippen LogP contribution in [-0.2, 0) is 14.3 Å². The first-order chi connectivity index (χ1) is 10.3. The predicted molar refractivity (Wildman–Crippen MR) is 81.4 cm³/mol. The third-order valence-corrected chi connectivity index (χ3v) is 5.52. The van der Waals surface area contributed by atoms with Gasteiger partial charge in [0.25, 0.3) is 0 Å². The largest absolute Gasteiger partial charge is 0.379 e. The normalized spacial score (nSPS) is 29.8. The van der Waals surface area contributed by atoms with Gasteiger partial charge in [0.2, 0.25) is 0 Å². The van der Waals surface area contributed by atoms with E-state index in [0.717, 1.165) is 65.0 Å². The van der Waals surface area contributed by atoms with Crippen LogP contribution in [0.5, 0.6) is 0 Å². The molecule has 21 heavy (non-hydrogen) atoms. The number of nitrogens with zero attached hydrogens (tertiary/aromatic N) is 1. The number of carbonyl (C=O) groups is 1. The zero-order chi connectivity index (χ0) is 14.5. The van der Waals surface area contributed by atoms with Gasteiger partial charge in [-0.3, -0.25) is 9.69 Å². The molecule has 2 aliphatic heterocycles. The molecule has 4 nitrogen and oxygen atoms in total. The molecular formula is C17H29NO3. The summed E-state index contributed by atoms with van der Waals surface area (Å²) in [6, 6.07) is 0. The molecule has 0 bridgehead atoms. The van der Waals surface area contributed by atoms with Crippen molar-refractivity contribution in [1.82, 2.24) is 4.90 Å². The van der Waals surface area contributed by atoms with E-state index in [2.05, 4.69) is 4.90 Å². The van der Waals surface area contributed by atoms with E-state index in [1.54, 1.807) is 0 Å². The van der Waals surface area contributed by atoms with Crippen molar-refractivity contribution in [2.75, 3.05) is 32.9 Å². The Balaban J connectivity index is 1.53. The van der Waals surface area contributed by atoms with Gasteiger partial charge in [0.15, 0.2) is 5.78 Å². The number of ether oxygens (including phenoxy) is 2. The maximum absolute atomic E-state index is 12.9. The Hall–Kier alpha value is -0.450. The van der Waals surface area contributed by atoms with Crippen molar-refractivity contribution in [3.05, 3.63) is 0 Å². The van der Waals surface area contributed by atoms with Crippen LogP contribution in [0.25, 0.3) is 0 Å². The van der Waals surface area contributed by atoms with E-state index < -0.39 is 0 Å². The number of hydrogen-bond acceptors (Lipinski definition) is 4. The number of hydrogen-bond donors (Lipinski definition) is 0.